The van der Waals surface area contributed by atoms with Crippen LogP contribution in [0.5, 0.6) is 5.75 Å². The van der Waals surface area contributed by atoms with E-state index in [1.165, 1.54) is 19.2 Å². The number of nitrogens with zero attached hydrogens (tertiary/aromatic N) is 3. The summed E-state index contributed by atoms with van der Waals surface area (Å²) in [5.41, 5.74) is 1.94. The summed E-state index contributed by atoms with van der Waals surface area (Å²) in [6.45, 7) is 1.70. The summed E-state index contributed by atoms with van der Waals surface area (Å²) < 4.78 is 47.0. The smallest absolute Gasteiger partial charge is 0.416 e. The lowest BCUT2D eigenvalue weighted by Gasteiger charge is -2.14. The maximum absolute atomic E-state index is 13.3. The van der Waals surface area contributed by atoms with Gasteiger partial charge in [-0.3, -0.25) is 4.79 Å². The predicted octanol–water partition coefficient (Wildman–Crippen LogP) is 6.19. The van der Waals surface area contributed by atoms with Crippen molar-refractivity contribution in [1.29, 1.82) is 0 Å². The minimum atomic E-state index is -4.48. The molecule has 0 unspecified atom stereocenters. The number of rotatable bonds is 10. The number of ether oxygens (including phenoxy) is 1. The summed E-state index contributed by atoms with van der Waals surface area (Å²) in [6, 6.07) is 15.4. The van der Waals surface area contributed by atoms with Gasteiger partial charge in [-0.2, -0.15) is 13.2 Å². The zero-order valence-corrected chi connectivity index (χ0v) is 22.5. The van der Waals surface area contributed by atoms with E-state index in [9.17, 15) is 18.0 Å². The molecule has 206 valence electrons. The van der Waals surface area contributed by atoms with Crippen molar-refractivity contribution >= 4 is 40.2 Å². The van der Waals surface area contributed by atoms with E-state index >= 15 is 0 Å². The Kier molecular flexibility index (Phi) is 8.66. The van der Waals surface area contributed by atoms with Crippen LogP contribution in [0.1, 0.15) is 27.9 Å². The molecular weight excluding hydrogens is 531 g/mol. The van der Waals surface area contributed by atoms with E-state index in [1.54, 1.807) is 30.3 Å². The van der Waals surface area contributed by atoms with E-state index in [4.69, 9.17) is 16.3 Å². The highest BCUT2D eigenvalue weighted by Crippen LogP contribution is 2.33. The molecule has 0 radical (unpaired) electrons. The van der Waals surface area contributed by atoms with Gasteiger partial charge in [-0.1, -0.05) is 23.7 Å². The number of aromatic nitrogens is 2. The Balaban J connectivity index is 1.68. The van der Waals surface area contributed by atoms with E-state index in [1.807, 2.05) is 29.6 Å². The van der Waals surface area contributed by atoms with Gasteiger partial charge in [-0.25, -0.2) is 4.98 Å². The van der Waals surface area contributed by atoms with Crippen molar-refractivity contribution in [3.63, 3.8) is 0 Å². The number of anilines is 2. The van der Waals surface area contributed by atoms with Crippen LogP contribution in [0.2, 0.25) is 5.02 Å². The molecule has 0 saturated carbocycles. The lowest BCUT2D eigenvalue weighted by molar-refractivity contribution is -0.137. The number of alkyl halides is 3. The van der Waals surface area contributed by atoms with Gasteiger partial charge in [0.25, 0.3) is 5.91 Å². The first kappa shape index (κ1) is 28.3. The van der Waals surface area contributed by atoms with Crippen molar-refractivity contribution in [3.8, 4) is 5.75 Å². The first-order chi connectivity index (χ1) is 18.5. The Bertz CT molecular complexity index is 1470. The third-order valence-corrected chi connectivity index (χ3v) is 6.38. The van der Waals surface area contributed by atoms with Crippen LogP contribution in [-0.4, -0.2) is 54.7 Å². The molecule has 2 N–H and O–H groups in total. The van der Waals surface area contributed by atoms with Crippen molar-refractivity contribution < 1.29 is 22.7 Å². The third kappa shape index (κ3) is 7.01. The first-order valence-electron chi connectivity index (χ1n) is 12.2. The molecule has 0 aliphatic carbocycles. The molecule has 0 spiro atoms. The minimum Gasteiger partial charge on any atom is -0.495 e. The molecule has 1 amide bonds. The summed E-state index contributed by atoms with van der Waals surface area (Å²) in [5, 5.41) is 6.36. The van der Waals surface area contributed by atoms with Crippen molar-refractivity contribution in [2.45, 2.75) is 19.1 Å². The molecule has 0 atom stereocenters. The summed E-state index contributed by atoms with van der Waals surface area (Å²) in [6.07, 6.45) is -3.67. The van der Waals surface area contributed by atoms with Gasteiger partial charge in [0, 0.05) is 17.8 Å². The average Bonchev–Trinajstić information content (AvgIpc) is 3.22. The predicted molar refractivity (Wildman–Crippen MR) is 147 cm³/mol. The lowest BCUT2D eigenvalue weighted by Crippen LogP contribution is -2.27. The largest absolute Gasteiger partial charge is 0.495 e. The number of hydrogen-bond acceptors (Lipinski definition) is 5. The number of nitrogens with one attached hydrogen (secondary N) is 2. The SMILES string of the molecule is COc1ccc(Cn2c(Nc3cccc(C(F)(F)F)c3)nc3cc(C(=O)NCCCN(C)C)ccc32)cc1Cl. The van der Waals surface area contributed by atoms with Gasteiger partial charge in [-0.15, -0.1) is 0 Å². The molecule has 0 aliphatic rings. The number of hydrogen-bond donors (Lipinski definition) is 2. The van der Waals surface area contributed by atoms with Crippen LogP contribution < -0.4 is 15.4 Å². The number of imidazole rings is 1. The Labute approximate surface area is 229 Å². The number of methoxy groups -OCH3 is 1. The Morgan fingerprint density at radius 2 is 1.90 bits per heavy atom. The molecule has 4 aromatic rings. The molecule has 0 bridgehead atoms. The average molecular weight is 560 g/mol. The van der Waals surface area contributed by atoms with Crippen LogP contribution in [0.3, 0.4) is 0 Å². The zero-order chi connectivity index (χ0) is 28.2. The molecule has 1 aromatic heterocycles. The second-order valence-corrected chi connectivity index (χ2v) is 9.72. The lowest BCUT2D eigenvalue weighted by atomic mass is 10.1. The zero-order valence-electron chi connectivity index (χ0n) is 21.8. The molecule has 0 fully saturated rings. The Morgan fingerprint density at radius 1 is 1.10 bits per heavy atom. The van der Waals surface area contributed by atoms with Crippen LogP contribution in [0.25, 0.3) is 11.0 Å². The van der Waals surface area contributed by atoms with Gasteiger partial charge in [0.15, 0.2) is 0 Å². The topological polar surface area (TPSA) is 71.4 Å². The number of fused-ring (bicyclic) bond motifs is 1. The molecule has 39 heavy (non-hydrogen) atoms. The maximum atomic E-state index is 13.3. The molecule has 0 aliphatic heterocycles. The highest BCUT2D eigenvalue weighted by atomic mass is 35.5. The van der Waals surface area contributed by atoms with Gasteiger partial charge >= 0.3 is 6.18 Å². The summed E-state index contributed by atoms with van der Waals surface area (Å²) in [5.74, 6) is 0.624. The fraction of sp³-hybridized carbons (Fsp3) is 0.286. The Morgan fingerprint density at radius 3 is 2.59 bits per heavy atom. The molecule has 11 heteroatoms. The van der Waals surface area contributed by atoms with E-state index in [0.29, 0.717) is 46.4 Å². The second-order valence-electron chi connectivity index (χ2n) is 9.31. The summed E-state index contributed by atoms with van der Waals surface area (Å²) in [7, 11) is 5.46. The van der Waals surface area contributed by atoms with Crippen molar-refractivity contribution in [2.75, 3.05) is 39.6 Å². The molecule has 1 heterocycles. The number of halogens is 4. The maximum Gasteiger partial charge on any atom is 0.416 e. The molecular formula is C28H29ClF3N5O2. The minimum absolute atomic E-state index is 0.223. The highest BCUT2D eigenvalue weighted by molar-refractivity contribution is 6.32. The van der Waals surface area contributed by atoms with Gasteiger partial charge in [0.1, 0.15) is 5.75 Å². The fourth-order valence-electron chi connectivity index (χ4n) is 4.12. The van der Waals surface area contributed by atoms with E-state index in [2.05, 4.69) is 15.6 Å². The molecule has 0 saturated heterocycles. The highest BCUT2D eigenvalue weighted by Gasteiger charge is 2.30. The number of carbonyl (C=O) groups excluding carboxylic acids is 1. The van der Waals surface area contributed by atoms with Crippen molar-refractivity contribution in [2.24, 2.45) is 0 Å². The van der Waals surface area contributed by atoms with Crippen molar-refractivity contribution in [1.82, 2.24) is 19.8 Å². The van der Waals surface area contributed by atoms with E-state index in [-0.39, 0.29) is 11.6 Å². The third-order valence-electron chi connectivity index (χ3n) is 6.08. The van der Waals surface area contributed by atoms with Gasteiger partial charge in [0.05, 0.1) is 35.3 Å². The quantitative estimate of drug-likeness (QED) is 0.227. The molecule has 7 nitrogen and oxygen atoms in total. The van der Waals surface area contributed by atoms with Crippen LogP contribution in [0.15, 0.2) is 60.7 Å². The van der Waals surface area contributed by atoms with E-state index in [0.717, 1.165) is 30.7 Å². The van der Waals surface area contributed by atoms with E-state index < -0.39 is 11.7 Å². The summed E-state index contributed by atoms with van der Waals surface area (Å²) in [4.78, 5) is 19.4. The molecule has 3 aromatic carbocycles. The number of carbonyl (C=O) groups is 1. The van der Waals surface area contributed by atoms with Crippen LogP contribution >= 0.6 is 11.6 Å². The van der Waals surface area contributed by atoms with Crippen LogP contribution in [0, 0.1) is 0 Å². The van der Waals surface area contributed by atoms with Crippen molar-refractivity contribution in [3.05, 3.63) is 82.4 Å². The summed E-state index contributed by atoms with van der Waals surface area (Å²) >= 11 is 6.32. The van der Waals surface area contributed by atoms with Crippen LogP contribution in [-0.2, 0) is 12.7 Å². The molecule has 4 rings (SSSR count). The number of amides is 1. The number of benzene rings is 3. The fourth-order valence-corrected chi connectivity index (χ4v) is 4.40. The van der Waals surface area contributed by atoms with Crippen LogP contribution in [0.4, 0.5) is 24.8 Å². The second kappa shape index (κ2) is 12.0. The van der Waals surface area contributed by atoms with Gasteiger partial charge < -0.3 is 24.8 Å². The first-order valence-corrected chi connectivity index (χ1v) is 12.6. The monoisotopic (exact) mass is 559 g/mol. The van der Waals surface area contributed by atoms with Gasteiger partial charge in [-0.05, 0) is 81.2 Å². The normalized spacial score (nSPS) is 11.7. The Hall–Kier alpha value is -3.76. The van der Waals surface area contributed by atoms with Gasteiger partial charge in [0.2, 0.25) is 5.95 Å². The standard InChI is InChI=1S/C28H29ClF3N5O2/c1-36(2)13-5-12-33-26(38)19-9-10-24-23(15-19)35-27(34-21-7-4-6-20(16-21)28(30,31)32)37(24)17-18-8-11-25(39-3)22(29)14-18/h4,6-11,14-16H,5,12-13,17H2,1-3H3,(H,33,38)(H,34,35).